The summed E-state index contributed by atoms with van der Waals surface area (Å²) < 4.78 is 10.3. The van der Waals surface area contributed by atoms with Gasteiger partial charge in [-0.3, -0.25) is 9.59 Å². The normalized spacial score (nSPS) is 11.6. The first-order chi connectivity index (χ1) is 11.0. The molecule has 0 bridgehead atoms. The molecule has 0 spiro atoms. The zero-order valence-electron chi connectivity index (χ0n) is 12.8. The maximum absolute atomic E-state index is 11.8. The summed E-state index contributed by atoms with van der Waals surface area (Å²) in [5.74, 6) is -0.139. The average Bonchev–Trinajstić information content (AvgIpc) is 2.99. The summed E-state index contributed by atoms with van der Waals surface area (Å²) in [6, 6.07) is 9.95. The molecule has 1 aromatic heterocycles. The zero-order valence-corrected chi connectivity index (χ0v) is 12.8. The Hall–Kier alpha value is -2.80. The summed E-state index contributed by atoms with van der Waals surface area (Å²) in [5, 5.41) is 14.7. The van der Waals surface area contributed by atoms with Crippen LogP contribution in [0.25, 0.3) is 0 Å². The predicted molar refractivity (Wildman–Crippen MR) is 83.0 cm³/mol. The molecule has 122 valence electrons. The molecule has 0 radical (unpaired) electrons. The van der Waals surface area contributed by atoms with Gasteiger partial charge in [-0.25, -0.2) is 0 Å². The fraction of sp³-hybridized carbons (Fsp3) is 0.250. The molecule has 3 N–H and O–H groups in total. The van der Waals surface area contributed by atoms with Crippen molar-refractivity contribution in [2.24, 2.45) is 0 Å². The minimum Gasteiger partial charge on any atom is -0.497 e. The number of rotatable bonds is 5. The van der Waals surface area contributed by atoms with Gasteiger partial charge >= 0.3 is 11.8 Å². The lowest BCUT2D eigenvalue weighted by Gasteiger charge is -2.10. The number of amides is 2. The highest BCUT2D eigenvalue weighted by atomic mass is 16.5. The molecule has 23 heavy (non-hydrogen) atoms. The summed E-state index contributed by atoms with van der Waals surface area (Å²) in [6.45, 7) is 1.62. The lowest BCUT2D eigenvalue weighted by molar-refractivity contribution is -0.136. The Balaban J connectivity index is 1.86. The first kappa shape index (κ1) is 16.6. The quantitative estimate of drug-likeness (QED) is 0.723. The van der Waals surface area contributed by atoms with Crippen molar-refractivity contribution in [2.75, 3.05) is 19.0 Å². The van der Waals surface area contributed by atoms with Gasteiger partial charge in [-0.15, -0.1) is 0 Å². The van der Waals surface area contributed by atoms with Crippen molar-refractivity contribution >= 4 is 17.5 Å². The molecule has 2 amide bonds. The average molecular weight is 318 g/mol. The number of hydrogen-bond acceptors (Lipinski definition) is 5. The van der Waals surface area contributed by atoms with Crippen LogP contribution in [0.3, 0.4) is 0 Å². The molecule has 1 atom stereocenters. The Morgan fingerprint density at radius 2 is 2.04 bits per heavy atom. The lowest BCUT2D eigenvalue weighted by atomic mass is 10.2. The highest BCUT2D eigenvalue weighted by Gasteiger charge is 2.17. The molecule has 0 saturated carbocycles. The highest BCUT2D eigenvalue weighted by Crippen LogP contribution is 2.17. The van der Waals surface area contributed by atoms with Crippen molar-refractivity contribution < 1.29 is 23.8 Å². The van der Waals surface area contributed by atoms with Gasteiger partial charge in [0.05, 0.1) is 13.7 Å². The number of carbonyl (C=O) groups excluding carboxylic acids is 2. The second kappa shape index (κ2) is 7.46. The molecule has 2 aromatic rings. The summed E-state index contributed by atoms with van der Waals surface area (Å²) in [6.07, 6.45) is -1.02. The topological polar surface area (TPSA) is 101 Å². The van der Waals surface area contributed by atoms with E-state index in [1.807, 2.05) is 0 Å². The van der Waals surface area contributed by atoms with Crippen molar-refractivity contribution in [3.8, 4) is 5.75 Å². The summed E-state index contributed by atoms with van der Waals surface area (Å²) in [5.41, 5.74) is 0.437. The smallest absolute Gasteiger partial charge is 0.313 e. The highest BCUT2D eigenvalue weighted by molar-refractivity contribution is 6.39. The third-order valence-electron chi connectivity index (χ3n) is 3.08. The summed E-state index contributed by atoms with van der Waals surface area (Å²) >= 11 is 0. The molecule has 0 aliphatic rings. The number of furan rings is 1. The number of ether oxygens (including phenoxy) is 1. The maximum atomic E-state index is 11.8. The third-order valence-corrected chi connectivity index (χ3v) is 3.08. The predicted octanol–water partition coefficient (Wildman–Crippen LogP) is 1.38. The molecule has 1 aromatic carbocycles. The zero-order chi connectivity index (χ0) is 16.8. The SMILES string of the molecule is COc1cccc(NC(=O)C(=O)NCC(O)c2ccc(C)o2)c1. The van der Waals surface area contributed by atoms with Crippen molar-refractivity contribution in [1.82, 2.24) is 5.32 Å². The number of aryl methyl sites for hydroxylation is 1. The Morgan fingerprint density at radius 3 is 2.70 bits per heavy atom. The van der Waals surface area contributed by atoms with Gasteiger partial charge in [0, 0.05) is 11.8 Å². The van der Waals surface area contributed by atoms with E-state index in [1.165, 1.54) is 7.11 Å². The minimum atomic E-state index is -1.02. The molecule has 7 nitrogen and oxygen atoms in total. The van der Waals surface area contributed by atoms with Crippen LogP contribution >= 0.6 is 0 Å². The standard InChI is InChI=1S/C16H18N2O5/c1-10-6-7-14(23-10)13(19)9-17-15(20)16(21)18-11-4-3-5-12(8-11)22-2/h3-8,13,19H,9H2,1-2H3,(H,17,20)(H,18,21). The monoisotopic (exact) mass is 318 g/mol. The largest absolute Gasteiger partial charge is 0.497 e. The van der Waals surface area contributed by atoms with Crippen LogP contribution in [-0.2, 0) is 9.59 Å². The van der Waals surface area contributed by atoms with Crippen LogP contribution in [0.5, 0.6) is 5.75 Å². The fourth-order valence-corrected chi connectivity index (χ4v) is 1.89. The first-order valence-corrected chi connectivity index (χ1v) is 6.97. The van der Waals surface area contributed by atoms with Crippen LogP contribution in [0.4, 0.5) is 5.69 Å². The number of carbonyl (C=O) groups is 2. The minimum absolute atomic E-state index is 0.128. The maximum Gasteiger partial charge on any atom is 0.313 e. The van der Waals surface area contributed by atoms with E-state index in [9.17, 15) is 14.7 Å². The first-order valence-electron chi connectivity index (χ1n) is 6.97. The van der Waals surface area contributed by atoms with Gasteiger partial charge < -0.3 is 24.9 Å². The van der Waals surface area contributed by atoms with Crippen LogP contribution in [0.15, 0.2) is 40.8 Å². The van der Waals surface area contributed by atoms with E-state index >= 15 is 0 Å². The van der Waals surface area contributed by atoms with Crippen molar-refractivity contribution in [3.63, 3.8) is 0 Å². The van der Waals surface area contributed by atoms with Gasteiger partial charge in [0.1, 0.15) is 23.4 Å². The molecular formula is C16H18N2O5. The van der Waals surface area contributed by atoms with Gasteiger partial charge in [0.15, 0.2) is 0 Å². The van der Waals surface area contributed by atoms with E-state index < -0.39 is 17.9 Å². The van der Waals surface area contributed by atoms with E-state index in [2.05, 4.69) is 10.6 Å². The number of nitrogens with one attached hydrogen (secondary N) is 2. The number of methoxy groups -OCH3 is 1. The van der Waals surface area contributed by atoms with E-state index in [0.717, 1.165) is 0 Å². The van der Waals surface area contributed by atoms with E-state index in [1.54, 1.807) is 43.3 Å². The van der Waals surface area contributed by atoms with Crippen molar-refractivity contribution in [1.29, 1.82) is 0 Å². The van der Waals surface area contributed by atoms with E-state index in [0.29, 0.717) is 23.0 Å². The molecule has 0 saturated heterocycles. The number of aliphatic hydroxyl groups is 1. The van der Waals surface area contributed by atoms with Gasteiger partial charge in [-0.2, -0.15) is 0 Å². The second-order valence-corrected chi connectivity index (χ2v) is 4.86. The molecule has 0 aliphatic carbocycles. The Labute approximate surface area is 133 Å². The molecule has 1 unspecified atom stereocenters. The molecule has 2 rings (SSSR count). The second-order valence-electron chi connectivity index (χ2n) is 4.86. The Morgan fingerprint density at radius 1 is 1.26 bits per heavy atom. The Bertz CT molecular complexity index is 695. The summed E-state index contributed by atoms with van der Waals surface area (Å²) in [4.78, 5) is 23.5. The van der Waals surface area contributed by atoms with E-state index in [4.69, 9.17) is 9.15 Å². The molecule has 7 heteroatoms. The van der Waals surface area contributed by atoms with Crippen LogP contribution in [0, 0.1) is 6.92 Å². The lowest BCUT2D eigenvalue weighted by Crippen LogP contribution is -2.37. The number of hydrogen-bond donors (Lipinski definition) is 3. The van der Waals surface area contributed by atoms with Crippen LogP contribution in [0.2, 0.25) is 0 Å². The van der Waals surface area contributed by atoms with Crippen LogP contribution in [0.1, 0.15) is 17.6 Å². The van der Waals surface area contributed by atoms with Gasteiger partial charge in [0.2, 0.25) is 0 Å². The van der Waals surface area contributed by atoms with E-state index in [-0.39, 0.29) is 6.54 Å². The molecule has 1 heterocycles. The van der Waals surface area contributed by atoms with Crippen LogP contribution < -0.4 is 15.4 Å². The number of benzene rings is 1. The molecular weight excluding hydrogens is 300 g/mol. The van der Waals surface area contributed by atoms with Gasteiger partial charge in [-0.05, 0) is 31.2 Å². The van der Waals surface area contributed by atoms with Gasteiger partial charge in [-0.1, -0.05) is 6.07 Å². The van der Waals surface area contributed by atoms with Crippen molar-refractivity contribution in [3.05, 3.63) is 47.9 Å². The third kappa shape index (κ3) is 4.58. The Kier molecular flexibility index (Phi) is 5.37. The number of aliphatic hydroxyl groups excluding tert-OH is 1. The molecule has 0 aliphatic heterocycles. The summed E-state index contributed by atoms with van der Waals surface area (Å²) in [7, 11) is 1.51. The van der Waals surface area contributed by atoms with Gasteiger partial charge in [0.25, 0.3) is 0 Å². The van der Waals surface area contributed by atoms with Crippen molar-refractivity contribution in [2.45, 2.75) is 13.0 Å². The fourth-order valence-electron chi connectivity index (χ4n) is 1.89. The van der Waals surface area contributed by atoms with Crippen LogP contribution in [-0.4, -0.2) is 30.6 Å². The molecule has 0 fully saturated rings. The number of anilines is 1.